The summed E-state index contributed by atoms with van der Waals surface area (Å²) in [7, 11) is 0. The standard InChI is InChI=1S/C12H10.C5H4N4/c1-3-7-11(8-4-1)12-9-5-2-6-10-12;1-2-6-5-3-7-9-8-4(1)5/h1-10H;1-3,6H. The molecule has 4 rings (SSSR count). The number of aromatic nitrogens is 4. The van der Waals surface area contributed by atoms with Gasteiger partial charge in [-0.2, -0.15) is 0 Å². The summed E-state index contributed by atoms with van der Waals surface area (Å²) in [6.07, 6.45) is 3.45. The number of hydrogen-bond acceptors (Lipinski definition) is 3. The molecular formula is C17H14N4. The molecule has 0 amide bonds. The summed E-state index contributed by atoms with van der Waals surface area (Å²) in [4.78, 5) is 2.95. The van der Waals surface area contributed by atoms with Crippen molar-refractivity contribution in [3.63, 3.8) is 0 Å². The smallest absolute Gasteiger partial charge is 0.114 e. The molecule has 4 aromatic rings. The van der Waals surface area contributed by atoms with Crippen molar-refractivity contribution in [1.29, 1.82) is 0 Å². The zero-order valence-electron chi connectivity index (χ0n) is 11.3. The first-order valence-corrected chi connectivity index (χ1v) is 6.65. The summed E-state index contributed by atoms with van der Waals surface area (Å²) in [5, 5.41) is 10.8. The van der Waals surface area contributed by atoms with E-state index in [1.54, 1.807) is 12.4 Å². The maximum atomic E-state index is 3.75. The number of nitrogens with zero attached hydrogens (tertiary/aromatic N) is 3. The Balaban J connectivity index is 0.000000131. The second-order valence-corrected chi connectivity index (χ2v) is 4.44. The summed E-state index contributed by atoms with van der Waals surface area (Å²) in [6.45, 7) is 0. The Morgan fingerprint density at radius 1 is 0.714 bits per heavy atom. The normalized spacial score (nSPS) is 9.90. The van der Waals surface area contributed by atoms with Crippen molar-refractivity contribution in [3.8, 4) is 11.1 Å². The second-order valence-electron chi connectivity index (χ2n) is 4.44. The molecule has 0 aliphatic rings. The third-order valence-electron chi connectivity index (χ3n) is 3.03. The Labute approximate surface area is 122 Å². The SMILES string of the molecule is c1cc2nnncc2[nH]1.c1ccc(-c2ccccc2)cc1. The van der Waals surface area contributed by atoms with Crippen LogP contribution in [0, 0.1) is 0 Å². The van der Waals surface area contributed by atoms with Gasteiger partial charge in [-0.05, 0) is 22.4 Å². The van der Waals surface area contributed by atoms with Crippen LogP contribution in [0.1, 0.15) is 0 Å². The van der Waals surface area contributed by atoms with Crippen LogP contribution < -0.4 is 0 Å². The lowest BCUT2D eigenvalue weighted by molar-refractivity contribution is 0.895. The van der Waals surface area contributed by atoms with Gasteiger partial charge >= 0.3 is 0 Å². The van der Waals surface area contributed by atoms with Crippen LogP contribution in [-0.2, 0) is 0 Å². The highest BCUT2D eigenvalue weighted by Crippen LogP contribution is 2.17. The molecule has 0 unspecified atom stereocenters. The molecule has 0 fully saturated rings. The van der Waals surface area contributed by atoms with Gasteiger partial charge in [-0.1, -0.05) is 60.7 Å². The van der Waals surface area contributed by atoms with E-state index in [9.17, 15) is 0 Å². The molecule has 102 valence electrons. The molecule has 21 heavy (non-hydrogen) atoms. The van der Waals surface area contributed by atoms with Crippen molar-refractivity contribution in [2.75, 3.05) is 0 Å². The molecule has 0 radical (unpaired) electrons. The molecule has 2 aromatic heterocycles. The highest BCUT2D eigenvalue weighted by atomic mass is 15.3. The molecule has 0 saturated heterocycles. The summed E-state index contributed by atoms with van der Waals surface area (Å²) in [5.41, 5.74) is 4.33. The molecule has 1 N–H and O–H groups in total. The molecule has 2 heterocycles. The average Bonchev–Trinajstić information content (AvgIpc) is 3.06. The van der Waals surface area contributed by atoms with Crippen LogP contribution in [0.5, 0.6) is 0 Å². The van der Waals surface area contributed by atoms with E-state index in [4.69, 9.17) is 0 Å². The Kier molecular flexibility index (Phi) is 3.98. The fraction of sp³-hybridized carbons (Fsp3) is 0. The molecule has 4 heteroatoms. The summed E-state index contributed by atoms with van der Waals surface area (Å²) >= 11 is 0. The third kappa shape index (κ3) is 3.30. The van der Waals surface area contributed by atoms with Crippen LogP contribution in [0.2, 0.25) is 0 Å². The van der Waals surface area contributed by atoms with Crippen molar-refractivity contribution in [2.24, 2.45) is 0 Å². The Hall–Kier alpha value is -3.01. The molecule has 4 nitrogen and oxygen atoms in total. The number of fused-ring (bicyclic) bond motifs is 1. The monoisotopic (exact) mass is 274 g/mol. The van der Waals surface area contributed by atoms with Gasteiger partial charge in [0.05, 0.1) is 11.7 Å². The lowest BCUT2D eigenvalue weighted by Crippen LogP contribution is -1.83. The highest BCUT2D eigenvalue weighted by molar-refractivity contribution is 5.72. The van der Waals surface area contributed by atoms with E-state index in [2.05, 4.69) is 68.9 Å². The maximum absolute atomic E-state index is 3.75. The first-order chi connectivity index (χ1) is 10.4. The van der Waals surface area contributed by atoms with Crippen molar-refractivity contribution < 1.29 is 0 Å². The Morgan fingerprint density at radius 3 is 1.90 bits per heavy atom. The van der Waals surface area contributed by atoms with Crippen molar-refractivity contribution in [2.45, 2.75) is 0 Å². The minimum absolute atomic E-state index is 0.852. The van der Waals surface area contributed by atoms with Crippen LogP contribution >= 0.6 is 0 Å². The number of H-pyrrole nitrogens is 1. The number of benzene rings is 2. The Morgan fingerprint density at radius 2 is 1.33 bits per heavy atom. The van der Waals surface area contributed by atoms with Crippen molar-refractivity contribution in [1.82, 2.24) is 20.4 Å². The molecule has 2 aromatic carbocycles. The van der Waals surface area contributed by atoms with Gasteiger partial charge in [-0.15, -0.1) is 10.2 Å². The summed E-state index contributed by atoms with van der Waals surface area (Å²) in [6, 6.07) is 22.6. The van der Waals surface area contributed by atoms with Gasteiger partial charge in [-0.25, -0.2) is 0 Å². The van der Waals surface area contributed by atoms with Crippen molar-refractivity contribution in [3.05, 3.63) is 79.1 Å². The van der Waals surface area contributed by atoms with Crippen molar-refractivity contribution >= 4 is 11.0 Å². The van der Waals surface area contributed by atoms with Gasteiger partial charge in [-0.3, -0.25) is 0 Å². The molecule has 0 spiro atoms. The molecule has 0 aliphatic carbocycles. The maximum Gasteiger partial charge on any atom is 0.114 e. The molecule has 0 atom stereocenters. The minimum Gasteiger partial charge on any atom is -0.358 e. The molecular weight excluding hydrogens is 260 g/mol. The fourth-order valence-corrected chi connectivity index (χ4v) is 1.98. The van der Waals surface area contributed by atoms with E-state index in [1.165, 1.54) is 11.1 Å². The van der Waals surface area contributed by atoms with Gasteiger partial charge in [0.25, 0.3) is 0 Å². The number of rotatable bonds is 1. The summed E-state index contributed by atoms with van der Waals surface area (Å²) < 4.78 is 0. The van der Waals surface area contributed by atoms with E-state index in [0.717, 1.165) is 11.0 Å². The molecule has 0 aliphatic heterocycles. The number of aromatic amines is 1. The zero-order valence-corrected chi connectivity index (χ0v) is 11.3. The molecule has 0 saturated carbocycles. The van der Waals surface area contributed by atoms with Crippen LogP contribution in [0.3, 0.4) is 0 Å². The van der Waals surface area contributed by atoms with Crippen LogP contribution in [0.15, 0.2) is 79.1 Å². The first-order valence-electron chi connectivity index (χ1n) is 6.65. The lowest BCUT2D eigenvalue weighted by Gasteiger charge is -1.98. The lowest BCUT2D eigenvalue weighted by atomic mass is 10.1. The zero-order chi connectivity index (χ0) is 14.3. The Bertz CT molecular complexity index is 727. The van der Waals surface area contributed by atoms with E-state index in [-0.39, 0.29) is 0 Å². The second kappa shape index (κ2) is 6.43. The molecule has 0 bridgehead atoms. The third-order valence-corrected chi connectivity index (χ3v) is 3.03. The van der Waals surface area contributed by atoms with Gasteiger partial charge < -0.3 is 4.98 Å². The van der Waals surface area contributed by atoms with Gasteiger partial charge in [0.15, 0.2) is 0 Å². The van der Waals surface area contributed by atoms with Gasteiger partial charge in [0.1, 0.15) is 5.52 Å². The predicted octanol–water partition coefficient (Wildman–Crippen LogP) is 3.71. The minimum atomic E-state index is 0.852. The topological polar surface area (TPSA) is 54.5 Å². The number of hydrogen-bond donors (Lipinski definition) is 1. The quantitative estimate of drug-likeness (QED) is 0.575. The van der Waals surface area contributed by atoms with E-state index < -0.39 is 0 Å². The van der Waals surface area contributed by atoms with Gasteiger partial charge in [0, 0.05) is 6.20 Å². The number of nitrogens with one attached hydrogen (secondary N) is 1. The summed E-state index contributed by atoms with van der Waals surface area (Å²) in [5.74, 6) is 0. The largest absolute Gasteiger partial charge is 0.358 e. The van der Waals surface area contributed by atoms with Gasteiger partial charge in [0.2, 0.25) is 0 Å². The van der Waals surface area contributed by atoms with Crippen LogP contribution in [0.25, 0.3) is 22.2 Å². The van der Waals surface area contributed by atoms with E-state index in [1.807, 2.05) is 18.2 Å². The predicted molar refractivity (Wildman–Crippen MR) is 83.6 cm³/mol. The highest BCUT2D eigenvalue weighted by Gasteiger charge is 1.92. The fourth-order valence-electron chi connectivity index (χ4n) is 1.98. The average molecular weight is 274 g/mol. The van der Waals surface area contributed by atoms with Crippen LogP contribution in [0.4, 0.5) is 0 Å². The van der Waals surface area contributed by atoms with E-state index >= 15 is 0 Å². The first kappa shape index (κ1) is 13.0. The van der Waals surface area contributed by atoms with E-state index in [0.29, 0.717) is 0 Å². The van der Waals surface area contributed by atoms with Crippen LogP contribution in [-0.4, -0.2) is 20.4 Å².